The van der Waals surface area contributed by atoms with Crippen LogP contribution in [0.2, 0.25) is 0 Å². The molecule has 9 heteroatoms. The van der Waals surface area contributed by atoms with E-state index >= 15 is 0 Å². The number of rotatable bonds is 7. The monoisotopic (exact) mass is 308 g/mol. The molecule has 1 atom stereocenters. The fourth-order valence-electron chi connectivity index (χ4n) is 1.29. The van der Waals surface area contributed by atoms with E-state index in [1.807, 2.05) is 0 Å². The predicted octanol–water partition coefficient (Wildman–Crippen LogP) is 0.369. The Balaban J connectivity index is 2.78. The first-order valence-corrected chi connectivity index (χ1v) is 7.98. The highest BCUT2D eigenvalue weighted by atomic mass is 32.2. The molecule has 2 N–H and O–H groups in total. The first kappa shape index (κ1) is 16.0. The van der Waals surface area contributed by atoms with Gasteiger partial charge in [-0.1, -0.05) is 6.92 Å². The molecular formula is C10H16N2O5S2. The summed E-state index contributed by atoms with van der Waals surface area (Å²) in [6.07, 6.45) is 0.307. The summed E-state index contributed by atoms with van der Waals surface area (Å²) >= 11 is 0.840. The fourth-order valence-corrected chi connectivity index (χ4v) is 3.51. The van der Waals surface area contributed by atoms with E-state index in [4.69, 9.17) is 0 Å². The van der Waals surface area contributed by atoms with Crippen LogP contribution >= 0.6 is 11.3 Å². The van der Waals surface area contributed by atoms with Crippen LogP contribution in [-0.2, 0) is 14.8 Å². The van der Waals surface area contributed by atoms with E-state index in [-0.39, 0.29) is 16.4 Å². The zero-order valence-electron chi connectivity index (χ0n) is 10.6. The number of aromatic nitrogens is 1. The normalized spacial score (nSPS) is 13.2. The molecular weight excluding hydrogens is 292 g/mol. The minimum atomic E-state index is -3.81. The van der Waals surface area contributed by atoms with Crippen molar-refractivity contribution in [3.63, 3.8) is 0 Å². The Labute approximate surface area is 115 Å². The van der Waals surface area contributed by atoms with Crippen molar-refractivity contribution in [2.75, 3.05) is 13.7 Å². The van der Waals surface area contributed by atoms with Gasteiger partial charge in [0.25, 0.3) is 10.0 Å². The average molecular weight is 308 g/mol. The zero-order chi connectivity index (χ0) is 14.5. The van der Waals surface area contributed by atoms with Crippen molar-refractivity contribution in [1.29, 1.82) is 0 Å². The summed E-state index contributed by atoms with van der Waals surface area (Å²) in [5.74, 6) is -0.796. The molecule has 1 unspecified atom stereocenters. The predicted molar refractivity (Wildman–Crippen MR) is 69.6 cm³/mol. The Hall–Kier alpha value is -1.03. The summed E-state index contributed by atoms with van der Waals surface area (Å²) in [6, 6.07) is 0. The van der Waals surface area contributed by atoms with Gasteiger partial charge >= 0.3 is 5.97 Å². The number of hydrogen-bond acceptors (Lipinski definition) is 7. The summed E-state index contributed by atoms with van der Waals surface area (Å²) in [6.45, 7) is 1.90. The van der Waals surface area contributed by atoms with E-state index in [1.165, 1.54) is 5.51 Å². The maximum atomic E-state index is 12.0. The second-order valence-corrected chi connectivity index (χ2v) is 6.55. The number of esters is 1. The van der Waals surface area contributed by atoms with Gasteiger partial charge in [0.1, 0.15) is 0 Å². The highest BCUT2D eigenvalue weighted by Crippen LogP contribution is 2.20. The maximum absolute atomic E-state index is 12.0. The molecule has 0 aromatic carbocycles. The first-order valence-electron chi connectivity index (χ1n) is 5.62. The van der Waals surface area contributed by atoms with Crippen molar-refractivity contribution in [3.05, 3.63) is 11.2 Å². The van der Waals surface area contributed by atoms with Gasteiger partial charge in [0, 0.05) is 6.54 Å². The third-order valence-corrected chi connectivity index (χ3v) is 5.23. The molecule has 0 saturated heterocycles. The molecule has 19 heavy (non-hydrogen) atoms. The molecule has 7 nitrogen and oxygen atoms in total. The number of hydrogen-bond donors (Lipinski definition) is 2. The van der Waals surface area contributed by atoms with Crippen LogP contribution < -0.4 is 4.72 Å². The van der Waals surface area contributed by atoms with Crippen LogP contribution in [0.25, 0.3) is 0 Å². The average Bonchev–Trinajstić information content (AvgIpc) is 2.87. The van der Waals surface area contributed by atoms with E-state index in [1.54, 1.807) is 6.92 Å². The molecule has 0 amide bonds. The van der Waals surface area contributed by atoms with E-state index < -0.39 is 22.1 Å². The Morgan fingerprint density at radius 2 is 2.32 bits per heavy atom. The second kappa shape index (κ2) is 6.94. The summed E-state index contributed by atoms with van der Waals surface area (Å²) in [4.78, 5) is 15.0. The van der Waals surface area contributed by atoms with Crippen molar-refractivity contribution in [2.24, 2.45) is 0 Å². The fraction of sp³-hybridized carbons (Fsp3) is 0.600. The van der Waals surface area contributed by atoms with Crippen LogP contribution in [0.1, 0.15) is 30.3 Å². The Kier molecular flexibility index (Phi) is 5.85. The molecule has 0 fully saturated rings. The molecule has 1 aromatic heterocycles. The highest BCUT2D eigenvalue weighted by Gasteiger charge is 2.26. The number of sulfonamides is 1. The van der Waals surface area contributed by atoms with Gasteiger partial charge in [-0.15, -0.1) is 11.3 Å². The van der Waals surface area contributed by atoms with Crippen molar-refractivity contribution >= 4 is 27.3 Å². The van der Waals surface area contributed by atoms with Crippen molar-refractivity contribution in [3.8, 4) is 0 Å². The molecule has 0 aliphatic heterocycles. The Morgan fingerprint density at radius 1 is 1.63 bits per heavy atom. The number of ether oxygens (including phenoxy) is 1. The number of methoxy groups -OCH3 is 1. The van der Waals surface area contributed by atoms with Gasteiger partial charge in [0.05, 0.1) is 18.7 Å². The number of aliphatic hydroxyl groups excluding tert-OH is 1. The maximum Gasteiger partial charge on any atom is 0.358 e. The van der Waals surface area contributed by atoms with Gasteiger partial charge < -0.3 is 9.84 Å². The Bertz CT molecular complexity index is 526. The summed E-state index contributed by atoms with van der Waals surface area (Å²) < 4.78 is 30.6. The smallest absolute Gasteiger partial charge is 0.358 e. The molecule has 0 spiro atoms. The number of nitrogens with one attached hydrogen (secondary N) is 1. The van der Waals surface area contributed by atoms with E-state index in [0.29, 0.717) is 12.8 Å². The first-order chi connectivity index (χ1) is 8.92. The summed E-state index contributed by atoms with van der Waals surface area (Å²) in [5, 5.41) is 9.35. The number of nitrogens with zero attached hydrogens (tertiary/aromatic N) is 1. The topological polar surface area (TPSA) is 106 Å². The van der Waals surface area contributed by atoms with Gasteiger partial charge in [-0.05, 0) is 12.8 Å². The SMILES string of the molecule is CCC(O)CCNS(=O)(=O)c1scnc1C(=O)OC. The van der Waals surface area contributed by atoms with Gasteiger partial charge in [0.15, 0.2) is 9.90 Å². The van der Waals surface area contributed by atoms with Crippen molar-refractivity contribution in [2.45, 2.75) is 30.1 Å². The third-order valence-electron chi connectivity index (χ3n) is 2.40. The van der Waals surface area contributed by atoms with Crippen LogP contribution in [0.3, 0.4) is 0 Å². The third kappa shape index (κ3) is 4.23. The van der Waals surface area contributed by atoms with E-state index in [2.05, 4.69) is 14.4 Å². The van der Waals surface area contributed by atoms with E-state index in [9.17, 15) is 18.3 Å². The molecule has 1 heterocycles. The van der Waals surface area contributed by atoms with Crippen LogP contribution in [0.4, 0.5) is 0 Å². The molecule has 0 aliphatic rings. The lowest BCUT2D eigenvalue weighted by molar-refractivity contribution is 0.0590. The number of aliphatic hydroxyl groups is 1. The van der Waals surface area contributed by atoms with Crippen molar-refractivity contribution in [1.82, 2.24) is 9.71 Å². The number of thiazole rings is 1. The van der Waals surface area contributed by atoms with Crippen molar-refractivity contribution < 1.29 is 23.1 Å². The number of carbonyl (C=O) groups excluding carboxylic acids is 1. The van der Waals surface area contributed by atoms with Crippen LogP contribution in [-0.4, -0.2) is 44.2 Å². The molecule has 0 saturated carbocycles. The van der Waals surface area contributed by atoms with Gasteiger partial charge in [0.2, 0.25) is 0 Å². The van der Waals surface area contributed by atoms with E-state index in [0.717, 1.165) is 18.4 Å². The second-order valence-electron chi connectivity index (χ2n) is 3.73. The van der Waals surface area contributed by atoms with Gasteiger partial charge in [-0.2, -0.15) is 0 Å². The van der Waals surface area contributed by atoms with Crippen LogP contribution in [0, 0.1) is 0 Å². The van der Waals surface area contributed by atoms with Gasteiger partial charge in [-0.25, -0.2) is 22.9 Å². The standard InChI is InChI=1S/C10H16N2O5S2/c1-3-7(13)4-5-12-19(15,16)10-8(9(14)17-2)11-6-18-10/h6-7,12-13H,3-5H2,1-2H3. The largest absolute Gasteiger partial charge is 0.464 e. The van der Waals surface area contributed by atoms with Crippen LogP contribution in [0.5, 0.6) is 0 Å². The zero-order valence-corrected chi connectivity index (χ0v) is 12.3. The molecule has 1 rings (SSSR count). The highest BCUT2D eigenvalue weighted by molar-refractivity contribution is 7.91. The lowest BCUT2D eigenvalue weighted by atomic mass is 10.2. The number of carbonyl (C=O) groups is 1. The quantitative estimate of drug-likeness (QED) is 0.705. The Morgan fingerprint density at radius 3 is 2.89 bits per heavy atom. The molecule has 0 bridgehead atoms. The summed E-state index contributed by atoms with van der Waals surface area (Å²) in [5.41, 5.74) is 1.04. The van der Waals surface area contributed by atoms with Crippen LogP contribution in [0.15, 0.2) is 9.72 Å². The minimum Gasteiger partial charge on any atom is -0.464 e. The molecule has 0 radical (unpaired) electrons. The van der Waals surface area contributed by atoms with Gasteiger partial charge in [-0.3, -0.25) is 0 Å². The molecule has 1 aromatic rings. The summed E-state index contributed by atoms with van der Waals surface area (Å²) in [7, 11) is -2.66. The molecule has 0 aliphatic carbocycles. The molecule has 108 valence electrons. The lowest BCUT2D eigenvalue weighted by Gasteiger charge is -2.09. The minimum absolute atomic E-state index is 0.0931. The lowest BCUT2D eigenvalue weighted by Crippen LogP contribution is -2.28.